The molecule has 0 saturated heterocycles. The number of allylic oxidation sites excluding steroid dienone is 1. The molecule has 0 aromatic heterocycles. The van der Waals surface area contributed by atoms with Crippen molar-refractivity contribution >= 4 is 40.7 Å². The number of nitriles is 1. The third-order valence-corrected chi connectivity index (χ3v) is 7.11. The van der Waals surface area contributed by atoms with Crippen LogP contribution in [0.15, 0.2) is 88.4 Å². The van der Waals surface area contributed by atoms with Gasteiger partial charge in [-0.15, -0.1) is 0 Å². The average molecular weight is 531 g/mol. The Kier molecular flexibility index (Phi) is 8.34. The molecular formula is C29H24F2N4O2S. The smallest absolute Gasteiger partial charge is 0.234 e. The molecule has 2 amide bonds. The van der Waals surface area contributed by atoms with Crippen LogP contribution in [0.5, 0.6) is 0 Å². The van der Waals surface area contributed by atoms with Crippen molar-refractivity contribution in [2.45, 2.75) is 19.8 Å². The standard InChI is InChI=1S/C29H24F2N4O2S/c1-17-7-3-6-10-24(17)35-28(37)26-18(2)33-29(22(15-32)27(26)21-8-4-5-9-23(21)31)38-16-25(36)34-20-13-11-19(30)12-14-20/h3-14,26-27H,16H2,1-2H3,(H,34,36)(H,35,37)/t26?,27-/m0/s1. The van der Waals surface area contributed by atoms with Crippen molar-refractivity contribution < 1.29 is 18.4 Å². The highest BCUT2D eigenvalue weighted by molar-refractivity contribution is 8.03. The third-order valence-electron chi connectivity index (χ3n) is 6.12. The molecule has 38 heavy (non-hydrogen) atoms. The van der Waals surface area contributed by atoms with Gasteiger partial charge in [0.1, 0.15) is 16.7 Å². The predicted molar refractivity (Wildman–Crippen MR) is 146 cm³/mol. The topological polar surface area (TPSA) is 94.3 Å². The summed E-state index contributed by atoms with van der Waals surface area (Å²) in [6.07, 6.45) is 0. The molecule has 1 aliphatic rings. The Labute approximate surface area is 223 Å². The Morgan fingerprint density at radius 3 is 2.34 bits per heavy atom. The van der Waals surface area contributed by atoms with E-state index in [0.29, 0.717) is 17.1 Å². The Bertz CT molecular complexity index is 1480. The molecule has 6 nitrogen and oxygen atoms in total. The highest BCUT2D eigenvalue weighted by atomic mass is 32.2. The summed E-state index contributed by atoms with van der Waals surface area (Å²) in [6.45, 7) is 3.52. The van der Waals surface area contributed by atoms with E-state index in [1.165, 1.54) is 36.4 Å². The second kappa shape index (κ2) is 11.8. The lowest BCUT2D eigenvalue weighted by molar-refractivity contribution is -0.118. The molecule has 192 valence electrons. The van der Waals surface area contributed by atoms with Crippen LogP contribution in [0, 0.1) is 35.8 Å². The minimum Gasteiger partial charge on any atom is -0.325 e. The van der Waals surface area contributed by atoms with Gasteiger partial charge in [0, 0.05) is 23.0 Å². The largest absolute Gasteiger partial charge is 0.325 e. The fraction of sp³-hybridized carbons (Fsp3) is 0.172. The number of hydrogen-bond acceptors (Lipinski definition) is 5. The summed E-state index contributed by atoms with van der Waals surface area (Å²) in [5.41, 5.74) is 2.57. The van der Waals surface area contributed by atoms with E-state index in [2.05, 4.69) is 21.7 Å². The second-order valence-electron chi connectivity index (χ2n) is 8.71. The third kappa shape index (κ3) is 5.98. The lowest BCUT2D eigenvalue weighted by Crippen LogP contribution is -2.37. The average Bonchev–Trinajstić information content (AvgIpc) is 2.90. The maximum Gasteiger partial charge on any atom is 0.234 e. The molecule has 1 unspecified atom stereocenters. The van der Waals surface area contributed by atoms with Gasteiger partial charge in [-0.3, -0.25) is 9.59 Å². The maximum atomic E-state index is 15.0. The zero-order valence-electron chi connectivity index (χ0n) is 20.7. The fourth-order valence-electron chi connectivity index (χ4n) is 4.25. The zero-order chi connectivity index (χ0) is 27.2. The first-order chi connectivity index (χ1) is 18.3. The summed E-state index contributed by atoms with van der Waals surface area (Å²) in [5.74, 6) is -3.76. The number of nitrogens with zero attached hydrogens (tertiary/aromatic N) is 2. The number of nitrogens with one attached hydrogen (secondary N) is 2. The number of carbonyl (C=O) groups excluding carboxylic acids is 2. The van der Waals surface area contributed by atoms with Gasteiger partial charge >= 0.3 is 0 Å². The molecular weight excluding hydrogens is 506 g/mol. The predicted octanol–water partition coefficient (Wildman–Crippen LogP) is 6.19. The summed E-state index contributed by atoms with van der Waals surface area (Å²) in [6, 6.07) is 20.8. The molecule has 0 fully saturated rings. The lowest BCUT2D eigenvalue weighted by atomic mass is 9.76. The highest BCUT2D eigenvalue weighted by Crippen LogP contribution is 2.43. The number of benzene rings is 3. The van der Waals surface area contributed by atoms with Crippen molar-refractivity contribution in [3.63, 3.8) is 0 Å². The molecule has 2 N–H and O–H groups in total. The van der Waals surface area contributed by atoms with Crippen molar-refractivity contribution in [3.05, 3.63) is 106 Å². The number of anilines is 2. The Morgan fingerprint density at radius 1 is 0.974 bits per heavy atom. The zero-order valence-corrected chi connectivity index (χ0v) is 21.5. The van der Waals surface area contributed by atoms with E-state index in [0.717, 1.165) is 17.3 Å². The minimum atomic E-state index is -0.946. The molecule has 3 aromatic rings. The quantitative estimate of drug-likeness (QED) is 0.381. The molecule has 0 saturated carbocycles. The van der Waals surface area contributed by atoms with E-state index >= 15 is 4.39 Å². The summed E-state index contributed by atoms with van der Waals surface area (Å²) in [4.78, 5) is 30.6. The first-order valence-electron chi connectivity index (χ1n) is 11.8. The number of thioether (sulfide) groups is 1. The molecule has 0 aliphatic carbocycles. The van der Waals surface area contributed by atoms with Crippen LogP contribution in [0.4, 0.5) is 20.2 Å². The van der Waals surface area contributed by atoms with Crippen LogP contribution >= 0.6 is 11.8 Å². The summed E-state index contributed by atoms with van der Waals surface area (Å²) in [5, 5.41) is 16.0. The molecule has 4 rings (SSSR count). The van der Waals surface area contributed by atoms with E-state index in [9.17, 15) is 19.2 Å². The van der Waals surface area contributed by atoms with Crippen LogP contribution in [0.25, 0.3) is 0 Å². The van der Waals surface area contributed by atoms with Crippen LogP contribution in [0.1, 0.15) is 24.0 Å². The Hall–Kier alpha value is -4.29. The van der Waals surface area contributed by atoms with Gasteiger partial charge in [-0.1, -0.05) is 48.2 Å². The normalized spacial score (nSPS) is 16.9. The molecule has 0 spiro atoms. The van der Waals surface area contributed by atoms with Crippen molar-refractivity contribution in [2.24, 2.45) is 10.9 Å². The molecule has 2 atom stereocenters. The van der Waals surface area contributed by atoms with Crippen molar-refractivity contribution in [3.8, 4) is 6.07 Å². The lowest BCUT2D eigenvalue weighted by Gasteiger charge is -2.31. The van der Waals surface area contributed by atoms with Crippen LogP contribution in [0.3, 0.4) is 0 Å². The van der Waals surface area contributed by atoms with Gasteiger partial charge in [0.05, 0.1) is 23.3 Å². The molecule has 0 radical (unpaired) electrons. The van der Waals surface area contributed by atoms with Gasteiger partial charge in [-0.05, 0) is 61.4 Å². The summed E-state index contributed by atoms with van der Waals surface area (Å²) >= 11 is 1.02. The van der Waals surface area contributed by atoms with Gasteiger partial charge in [0.25, 0.3) is 0 Å². The van der Waals surface area contributed by atoms with Crippen LogP contribution in [0.2, 0.25) is 0 Å². The van der Waals surface area contributed by atoms with Crippen LogP contribution < -0.4 is 10.6 Å². The van der Waals surface area contributed by atoms with Gasteiger partial charge < -0.3 is 10.6 Å². The van der Waals surface area contributed by atoms with Gasteiger partial charge in [-0.2, -0.15) is 5.26 Å². The van der Waals surface area contributed by atoms with Gasteiger partial charge in [-0.25, -0.2) is 13.8 Å². The minimum absolute atomic E-state index is 0.0985. The number of amides is 2. The monoisotopic (exact) mass is 530 g/mol. The molecule has 1 aliphatic heterocycles. The Morgan fingerprint density at radius 2 is 1.66 bits per heavy atom. The summed E-state index contributed by atoms with van der Waals surface area (Å²) in [7, 11) is 0. The van der Waals surface area contributed by atoms with Crippen LogP contribution in [-0.4, -0.2) is 23.3 Å². The first kappa shape index (κ1) is 26.8. The van der Waals surface area contributed by atoms with E-state index in [4.69, 9.17) is 0 Å². The molecule has 1 heterocycles. The molecule has 9 heteroatoms. The maximum absolute atomic E-state index is 15.0. The number of halogens is 2. The number of rotatable bonds is 7. The van der Waals surface area contributed by atoms with Gasteiger partial charge in [0.15, 0.2) is 0 Å². The van der Waals surface area contributed by atoms with E-state index in [-0.39, 0.29) is 27.8 Å². The number of aryl methyl sites for hydroxylation is 1. The summed E-state index contributed by atoms with van der Waals surface area (Å²) < 4.78 is 28.2. The molecule has 3 aromatic carbocycles. The first-order valence-corrected chi connectivity index (χ1v) is 12.8. The second-order valence-corrected chi connectivity index (χ2v) is 9.67. The SMILES string of the molecule is CC1=NC(SCC(=O)Nc2ccc(F)cc2)=C(C#N)[C@H](c2ccccc2F)C1C(=O)Nc1ccccc1C. The van der Waals surface area contributed by atoms with E-state index < -0.39 is 29.4 Å². The van der Waals surface area contributed by atoms with Crippen molar-refractivity contribution in [2.75, 3.05) is 16.4 Å². The van der Waals surface area contributed by atoms with Crippen molar-refractivity contribution in [1.29, 1.82) is 5.26 Å². The van der Waals surface area contributed by atoms with E-state index in [1.807, 2.05) is 19.1 Å². The van der Waals surface area contributed by atoms with Crippen LogP contribution in [-0.2, 0) is 9.59 Å². The fourth-order valence-corrected chi connectivity index (χ4v) is 5.13. The Balaban J connectivity index is 1.65. The number of hydrogen-bond donors (Lipinski definition) is 2. The van der Waals surface area contributed by atoms with Crippen molar-refractivity contribution in [1.82, 2.24) is 0 Å². The number of para-hydroxylation sites is 1. The van der Waals surface area contributed by atoms with E-state index in [1.54, 1.807) is 31.2 Å². The van der Waals surface area contributed by atoms with Gasteiger partial charge in [0.2, 0.25) is 11.8 Å². The highest BCUT2D eigenvalue weighted by Gasteiger charge is 2.40. The molecule has 0 bridgehead atoms. The number of carbonyl (C=O) groups is 2. The number of aliphatic imine (C=N–C) groups is 1.